The van der Waals surface area contributed by atoms with Crippen LogP contribution in [0.2, 0.25) is 0 Å². The van der Waals surface area contributed by atoms with Gasteiger partial charge in [0.15, 0.2) is 0 Å². The van der Waals surface area contributed by atoms with Crippen molar-refractivity contribution in [1.82, 2.24) is 4.72 Å². The molecule has 1 aromatic carbocycles. The van der Waals surface area contributed by atoms with Gasteiger partial charge in [0.1, 0.15) is 0 Å². The molecule has 32 heavy (non-hydrogen) atoms. The number of anilines is 2. The molecule has 10 heteroatoms. The van der Waals surface area contributed by atoms with Crippen molar-refractivity contribution >= 4 is 21.4 Å². The molecule has 0 unspecified atom stereocenters. The SMILES string of the molecule is CC(C)(C)S(=O)(=O)NC1CCC(CNc2ccc(N3CCOCC3)c(C(F)(F)F)c2)CC1. The minimum atomic E-state index is -4.44. The monoisotopic (exact) mass is 477 g/mol. The second-order valence-electron chi connectivity index (χ2n) is 9.66. The molecule has 0 amide bonds. The predicted molar refractivity (Wildman–Crippen MR) is 121 cm³/mol. The summed E-state index contributed by atoms with van der Waals surface area (Å²) in [6.45, 7) is 7.31. The van der Waals surface area contributed by atoms with Crippen LogP contribution in [0.3, 0.4) is 0 Å². The van der Waals surface area contributed by atoms with E-state index in [9.17, 15) is 21.6 Å². The highest BCUT2D eigenvalue weighted by molar-refractivity contribution is 7.90. The fourth-order valence-corrected chi connectivity index (χ4v) is 5.12. The van der Waals surface area contributed by atoms with Crippen molar-refractivity contribution in [2.24, 2.45) is 5.92 Å². The maximum Gasteiger partial charge on any atom is 0.418 e. The van der Waals surface area contributed by atoms with E-state index in [0.29, 0.717) is 44.5 Å². The molecular weight excluding hydrogens is 443 g/mol. The van der Waals surface area contributed by atoms with E-state index in [-0.39, 0.29) is 11.7 Å². The Morgan fingerprint density at radius 3 is 2.25 bits per heavy atom. The second-order valence-corrected chi connectivity index (χ2v) is 12.1. The fourth-order valence-electron chi connectivity index (χ4n) is 4.10. The molecule has 1 saturated heterocycles. The van der Waals surface area contributed by atoms with E-state index in [0.717, 1.165) is 25.7 Å². The second kappa shape index (κ2) is 9.77. The Hall–Kier alpha value is -1.52. The van der Waals surface area contributed by atoms with Gasteiger partial charge in [0, 0.05) is 37.1 Å². The zero-order valence-electron chi connectivity index (χ0n) is 19.0. The lowest BCUT2D eigenvalue weighted by atomic mass is 9.86. The van der Waals surface area contributed by atoms with Crippen LogP contribution in [-0.2, 0) is 20.9 Å². The summed E-state index contributed by atoms with van der Waals surface area (Å²) in [6, 6.07) is 4.34. The van der Waals surface area contributed by atoms with Gasteiger partial charge in [-0.3, -0.25) is 0 Å². The lowest BCUT2D eigenvalue weighted by Crippen LogP contribution is -2.46. The Labute approximate surface area is 188 Å². The number of nitrogens with one attached hydrogen (secondary N) is 2. The largest absolute Gasteiger partial charge is 0.418 e. The molecular formula is C22H34F3N3O3S. The first-order valence-corrected chi connectivity index (χ1v) is 12.6. The minimum absolute atomic E-state index is 0.0832. The van der Waals surface area contributed by atoms with E-state index in [1.54, 1.807) is 31.7 Å². The molecule has 0 atom stereocenters. The van der Waals surface area contributed by atoms with Crippen LogP contribution < -0.4 is 14.9 Å². The van der Waals surface area contributed by atoms with E-state index < -0.39 is 26.5 Å². The van der Waals surface area contributed by atoms with E-state index >= 15 is 0 Å². The number of halogens is 3. The topological polar surface area (TPSA) is 70.7 Å². The Morgan fingerprint density at radius 2 is 1.69 bits per heavy atom. The van der Waals surface area contributed by atoms with Gasteiger partial charge in [-0.05, 0) is 70.6 Å². The van der Waals surface area contributed by atoms with Gasteiger partial charge < -0.3 is 15.0 Å². The lowest BCUT2D eigenvalue weighted by Gasteiger charge is -2.32. The summed E-state index contributed by atoms with van der Waals surface area (Å²) >= 11 is 0. The highest BCUT2D eigenvalue weighted by Gasteiger charge is 2.36. The summed E-state index contributed by atoms with van der Waals surface area (Å²) in [5, 5.41) is 3.16. The highest BCUT2D eigenvalue weighted by Crippen LogP contribution is 2.39. The summed E-state index contributed by atoms with van der Waals surface area (Å²) in [5.41, 5.74) is 0.00702. The summed E-state index contributed by atoms with van der Waals surface area (Å²) < 4.78 is 73.0. The number of morpholine rings is 1. The van der Waals surface area contributed by atoms with Gasteiger partial charge in [0.2, 0.25) is 10.0 Å². The number of alkyl halides is 3. The number of ether oxygens (including phenoxy) is 1. The Bertz CT molecular complexity index is 871. The van der Waals surface area contributed by atoms with Crippen LogP contribution >= 0.6 is 0 Å². The van der Waals surface area contributed by atoms with E-state index in [1.165, 1.54) is 12.1 Å². The molecule has 1 aliphatic heterocycles. The summed E-state index contributed by atoms with van der Waals surface area (Å²) in [7, 11) is -3.39. The predicted octanol–water partition coefficient (Wildman–Crippen LogP) is 4.23. The minimum Gasteiger partial charge on any atom is -0.385 e. The molecule has 0 radical (unpaired) electrons. The molecule has 1 aromatic rings. The van der Waals surface area contributed by atoms with Gasteiger partial charge >= 0.3 is 6.18 Å². The molecule has 1 aliphatic carbocycles. The Kier molecular flexibility index (Phi) is 7.66. The van der Waals surface area contributed by atoms with E-state index in [1.807, 2.05) is 0 Å². The van der Waals surface area contributed by atoms with Crippen LogP contribution in [0.15, 0.2) is 18.2 Å². The number of sulfonamides is 1. The van der Waals surface area contributed by atoms with E-state index in [2.05, 4.69) is 10.0 Å². The van der Waals surface area contributed by atoms with Gasteiger partial charge in [0.05, 0.1) is 23.5 Å². The summed E-state index contributed by atoms with van der Waals surface area (Å²) in [6.07, 6.45) is -1.34. The number of hydrogen-bond acceptors (Lipinski definition) is 5. The molecule has 0 spiro atoms. The maximum absolute atomic E-state index is 13.7. The van der Waals surface area contributed by atoms with Crippen LogP contribution in [0.1, 0.15) is 52.0 Å². The molecule has 6 nitrogen and oxygen atoms in total. The first-order chi connectivity index (χ1) is 14.9. The maximum atomic E-state index is 13.7. The fraction of sp³-hybridized carbons (Fsp3) is 0.727. The average Bonchev–Trinajstić information content (AvgIpc) is 2.72. The van der Waals surface area contributed by atoms with Crippen LogP contribution in [0.25, 0.3) is 0 Å². The lowest BCUT2D eigenvalue weighted by molar-refractivity contribution is -0.137. The smallest absolute Gasteiger partial charge is 0.385 e. The number of benzene rings is 1. The van der Waals surface area contributed by atoms with Crippen molar-refractivity contribution < 1.29 is 26.3 Å². The molecule has 3 rings (SSSR count). The molecule has 1 saturated carbocycles. The van der Waals surface area contributed by atoms with Gasteiger partial charge in [-0.1, -0.05) is 0 Å². The average molecular weight is 478 g/mol. The number of nitrogens with zero attached hydrogens (tertiary/aromatic N) is 1. The van der Waals surface area contributed by atoms with Crippen molar-refractivity contribution in [2.45, 2.75) is 63.4 Å². The molecule has 0 aromatic heterocycles. The van der Waals surface area contributed by atoms with Crippen LogP contribution in [-0.4, -0.2) is 52.1 Å². The van der Waals surface area contributed by atoms with Crippen molar-refractivity contribution in [1.29, 1.82) is 0 Å². The van der Waals surface area contributed by atoms with E-state index in [4.69, 9.17) is 4.74 Å². The quantitative estimate of drug-likeness (QED) is 0.642. The third kappa shape index (κ3) is 6.29. The molecule has 2 aliphatic rings. The number of rotatable bonds is 6. The molecule has 2 fully saturated rings. The van der Waals surface area contributed by atoms with Gasteiger partial charge in [-0.15, -0.1) is 0 Å². The standard InChI is InChI=1S/C22H34F3N3O3S/c1-21(2,3)32(29,30)27-17-6-4-16(5-7-17)15-26-18-8-9-20(19(14-18)22(23,24)25)28-10-12-31-13-11-28/h8-9,14,16-17,26-27H,4-7,10-13,15H2,1-3H3. The van der Waals surface area contributed by atoms with Gasteiger partial charge in [-0.2, -0.15) is 13.2 Å². The Morgan fingerprint density at radius 1 is 1.06 bits per heavy atom. The van der Waals surface area contributed by atoms with Crippen molar-refractivity contribution in [3.63, 3.8) is 0 Å². The third-order valence-corrected chi connectivity index (χ3v) is 8.48. The third-order valence-electron chi connectivity index (χ3n) is 6.22. The normalized spacial score (nSPS) is 23.2. The van der Waals surface area contributed by atoms with Crippen LogP contribution in [0, 0.1) is 5.92 Å². The van der Waals surface area contributed by atoms with Crippen LogP contribution in [0.5, 0.6) is 0 Å². The van der Waals surface area contributed by atoms with Gasteiger partial charge in [0.25, 0.3) is 0 Å². The first kappa shape index (κ1) is 25.1. The summed E-state index contributed by atoms with van der Waals surface area (Å²) in [4.78, 5) is 1.72. The first-order valence-electron chi connectivity index (χ1n) is 11.2. The van der Waals surface area contributed by atoms with Crippen molar-refractivity contribution in [3.05, 3.63) is 23.8 Å². The zero-order valence-corrected chi connectivity index (χ0v) is 19.8. The molecule has 1 heterocycles. The number of hydrogen-bond donors (Lipinski definition) is 2. The highest BCUT2D eigenvalue weighted by atomic mass is 32.2. The summed E-state index contributed by atoms with van der Waals surface area (Å²) in [5.74, 6) is 0.290. The Balaban J connectivity index is 1.57. The molecule has 0 bridgehead atoms. The van der Waals surface area contributed by atoms with Crippen molar-refractivity contribution in [2.75, 3.05) is 43.1 Å². The van der Waals surface area contributed by atoms with Crippen molar-refractivity contribution in [3.8, 4) is 0 Å². The molecule has 182 valence electrons. The van der Waals surface area contributed by atoms with Crippen LogP contribution in [0.4, 0.5) is 24.5 Å². The van der Waals surface area contributed by atoms with Gasteiger partial charge in [-0.25, -0.2) is 13.1 Å². The molecule has 2 N–H and O–H groups in total. The zero-order chi connectivity index (χ0) is 23.6.